The number of hydrogen-bond acceptors (Lipinski definition) is 4. The van der Waals surface area contributed by atoms with Crippen LogP contribution in [0.5, 0.6) is 0 Å². The van der Waals surface area contributed by atoms with Crippen molar-refractivity contribution in [1.82, 2.24) is 10.2 Å². The lowest BCUT2D eigenvalue weighted by Crippen LogP contribution is -2.39. The molecule has 0 atom stereocenters. The molecule has 5 nitrogen and oxygen atoms in total. The van der Waals surface area contributed by atoms with Crippen molar-refractivity contribution in [2.75, 3.05) is 26.7 Å². The molecule has 1 saturated carbocycles. The molecule has 0 saturated heterocycles. The van der Waals surface area contributed by atoms with E-state index in [0.717, 1.165) is 44.3 Å². The van der Waals surface area contributed by atoms with Gasteiger partial charge in [-0.15, -0.1) is 0 Å². The second-order valence-electron chi connectivity index (χ2n) is 8.98. The molecule has 1 N–H and O–H groups in total. The highest BCUT2D eigenvalue weighted by atomic mass is 16.5. The predicted molar refractivity (Wildman–Crippen MR) is 127 cm³/mol. The molecule has 176 valence electrons. The standard InChI is InChI=1S/C26H44N2O3/c1-3-4-10-19-28(2)20-11-5-6-12-21-30-25-17-15-24(16-18-25)27-26(29)31-22-23-13-8-7-9-14-23/h7-9,13-14,24-25H,3-6,10-12,15-22H2,1-2H3,(H,27,29)/t24-,25-. The van der Waals surface area contributed by atoms with Crippen LogP contribution in [-0.2, 0) is 16.1 Å². The molecule has 1 amide bonds. The number of amides is 1. The summed E-state index contributed by atoms with van der Waals surface area (Å²) in [6, 6.07) is 9.99. The lowest BCUT2D eigenvalue weighted by molar-refractivity contribution is 0.0199. The third-order valence-electron chi connectivity index (χ3n) is 6.14. The summed E-state index contributed by atoms with van der Waals surface area (Å²) in [7, 11) is 2.24. The summed E-state index contributed by atoms with van der Waals surface area (Å²) >= 11 is 0. The summed E-state index contributed by atoms with van der Waals surface area (Å²) in [5.41, 5.74) is 1.01. The molecule has 1 aromatic rings. The fourth-order valence-electron chi connectivity index (χ4n) is 4.14. The fourth-order valence-corrected chi connectivity index (χ4v) is 4.14. The average molecular weight is 433 g/mol. The van der Waals surface area contributed by atoms with Crippen molar-refractivity contribution in [3.63, 3.8) is 0 Å². The minimum Gasteiger partial charge on any atom is -0.445 e. The van der Waals surface area contributed by atoms with Gasteiger partial charge >= 0.3 is 6.09 Å². The van der Waals surface area contributed by atoms with Gasteiger partial charge in [0.2, 0.25) is 0 Å². The minimum atomic E-state index is -0.316. The van der Waals surface area contributed by atoms with Gasteiger partial charge in [-0.3, -0.25) is 0 Å². The summed E-state index contributed by atoms with van der Waals surface area (Å²) in [6.07, 6.45) is 13.0. The number of carbonyl (C=O) groups excluding carboxylic acids is 1. The van der Waals surface area contributed by atoms with Crippen LogP contribution in [0.1, 0.15) is 83.1 Å². The first-order valence-electron chi connectivity index (χ1n) is 12.4. The third-order valence-corrected chi connectivity index (χ3v) is 6.14. The molecule has 1 aromatic carbocycles. The van der Waals surface area contributed by atoms with Crippen LogP contribution >= 0.6 is 0 Å². The van der Waals surface area contributed by atoms with Crippen LogP contribution in [-0.4, -0.2) is 49.9 Å². The van der Waals surface area contributed by atoms with Crippen LogP contribution in [0, 0.1) is 0 Å². The second-order valence-corrected chi connectivity index (χ2v) is 8.98. The van der Waals surface area contributed by atoms with Gasteiger partial charge in [0.1, 0.15) is 6.61 Å². The Morgan fingerprint density at radius 1 is 0.968 bits per heavy atom. The zero-order chi connectivity index (χ0) is 22.2. The van der Waals surface area contributed by atoms with E-state index in [1.807, 2.05) is 30.3 Å². The van der Waals surface area contributed by atoms with Crippen molar-refractivity contribution in [3.05, 3.63) is 35.9 Å². The Morgan fingerprint density at radius 3 is 2.35 bits per heavy atom. The Morgan fingerprint density at radius 2 is 1.65 bits per heavy atom. The van der Waals surface area contributed by atoms with E-state index in [4.69, 9.17) is 9.47 Å². The van der Waals surface area contributed by atoms with Crippen molar-refractivity contribution >= 4 is 6.09 Å². The molecule has 0 unspecified atom stereocenters. The van der Waals surface area contributed by atoms with Gasteiger partial charge in [0, 0.05) is 12.6 Å². The Labute approximate surface area is 189 Å². The lowest BCUT2D eigenvalue weighted by atomic mass is 9.93. The number of hydrogen-bond donors (Lipinski definition) is 1. The van der Waals surface area contributed by atoms with Crippen LogP contribution in [0.3, 0.4) is 0 Å². The van der Waals surface area contributed by atoms with Gasteiger partial charge in [-0.25, -0.2) is 4.79 Å². The Kier molecular flexibility index (Phi) is 13.3. The van der Waals surface area contributed by atoms with E-state index in [1.165, 1.54) is 51.6 Å². The van der Waals surface area contributed by atoms with Crippen LogP contribution < -0.4 is 5.32 Å². The van der Waals surface area contributed by atoms with E-state index < -0.39 is 0 Å². The smallest absolute Gasteiger partial charge is 0.407 e. The third kappa shape index (κ3) is 12.1. The summed E-state index contributed by atoms with van der Waals surface area (Å²) in [5.74, 6) is 0. The maximum atomic E-state index is 12.0. The zero-order valence-electron chi connectivity index (χ0n) is 19.8. The van der Waals surface area contributed by atoms with Gasteiger partial charge in [-0.1, -0.05) is 62.9 Å². The van der Waals surface area contributed by atoms with E-state index in [-0.39, 0.29) is 12.1 Å². The Hall–Kier alpha value is -1.59. The first kappa shape index (κ1) is 25.7. The molecular formula is C26H44N2O3. The monoisotopic (exact) mass is 432 g/mol. The molecule has 0 heterocycles. The maximum Gasteiger partial charge on any atom is 0.407 e. The number of nitrogens with zero attached hydrogens (tertiary/aromatic N) is 1. The van der Waals surface area contributed by atoms with Crippen LogP contribution in [0.25, 0.3) is 0 Å². The van der Waals surface area contributed by atoms with Crippen LogP contribution in [0.15, 0.2) is 30.3 Å². The van der Waals surface area contributed by atoms with Gasteiger partial charge < -0.3 is 19.7 Å². The van der Waals surface area contributed by atoms with E-state index >= 15 is 0 Å². The largest absolute Gasteiger partial charge is 0.445 e. The molecular weight excluding hydrogens is 388 g/mol. The highest BCUT2D eigenvalue weighted by Crippen LogP contribution is 2.22. The van der Waals surface area contributed by atoms with Crippen LogP contribution in [0.4, 0.5) is 4.79 Å². The molecule has 1 fully saturated rings. The van der Waals surface area contributed by atoms with Gasteiger partial charge in [0.05, 0.1) is 6.10 Å². The van der Waals surface area contributed by atoms with E-state index in [1.54, 1.807) is 0 Å². The molecule has 1 aliphatic rings. The highest BCUT2D eigenvalue weighted by Gasteiger charge is 2.23. The summed E-state index contributed by atoms with van der Waals surface area (Å²) in [6.45, 7) is 5.90. The first-order valence-corrected chi connectivity index (χ1v) is 12.4. The number of carbonyl (C=O) groups is 1. The number of alkyl carbamates (subject to hydrolysis) is 1. The molecule has 5 heteroatoms. The van der Waals surface area contributed by atoms with Gasteiger partial charge in [0.25, 0.3) is 0 Å². The SMILES string of the molecule is CCCCCN(C)CCCCCCO[C@H]1CC[C@H](NC(=O)OCc2ccccc2)CC1. The van der Waals surface area contributed by atoms with Crippen molar-refractivity contribution in [1.29, 1.82) is 0 Å². The first-order chi connectivity index (χ1) is 15.2. The predicted octanol–water partition coefficient (Wildman–Crippen LogP) is 5.92. The molecule has 31 heavy (non-hydrogen) atoms. The number of nitrogens with one attached hydrogen (secondary N) is 1. The van der Waals surface area contributed by atoms with Crippen LogP contribution in [0.2, 0.25) is 0 Å². The fraction of sp³-hybridized carbons (Fsp3) is 0.731. The zero-order valence-corrected chi connectivity index (χ0v) is 19.8. The Bertz CT molecular complexity index is 573. The van der Waals surface area contributed by atoms with Crippen molar-refractivity contribution in [2.24, 2.45) is 0 Å². The molecule has 0 spiro atoms. The van der Waals surface area contributed by atoms with Crippen molar-refractivity contribution < 1.29 is 14.3 Å². The van der Waals surface area contributed by atoms with Gasteiger partial charge in [-0.2, -0.15) is 0 Å². The molecule has 0 aliphatic heterocycles. The summed E-state index contributed by atoms with van der Waals surface area (Å²) < 4.78 is 11.4. The summed E-state index contributed by atoms with van der Waals surface area (Å²) in [4.78, 5) is 14.5. The quantitative estimate of drug-likeness (QED) is 0.349. The molecule has 0 bridgehead atoms. The highest BCUT2D eigenvalue weighted by molar-refractivity contribution is 5.67. The maximum absolute atomic E-state index is 12.0. The molecule has 1 aliphatic carbocycles. The lowest BCUT2D eigenvalue weighted by Gasteiger charge is -2.29. The molecule has 2 rings (SSSR count). The van der Waals surface area contributed by atoms with E-state index in [2.05, 4.69) is 24.2 Å². The molecule has 0 radical (unpaired) electrons. The topological polar surface area (TPSA) is 50.8 Å². The average Bonchev–Trinajstić information content (AvgIpc) is 2.79. The Balaban J connectivity index is 1.42. The van der Waals surface area contributed by atoms with Gasteiger partial charge in [0.15, 0.2) is 0 Å². The number of rotatable bonds is 15. The second kappa shape index (κ2) is 16.1. The number of unbranched alkanes of at least 4 members (excludes halogenated alkanes) is 5. The van der Waals surface area contributed by atoms with E-state index in [0.29, 0.717) is 12.7 Å². The van der Waals surface area contributed by atoms with Crippen molar-refractivity contribution in [3.8, 4) is 0 Å². The minimum absolute atomic E-state index is 0.206. The van der Waals surface area contributed by atoms with E-state index in [9.17, 15) is 4.79 Å². The van der Waals surface area contributed by atoms with Crippen molar-refractivity contribution in [2.45, 2.75) is 96.3 Å². The normalized spacial score (nSPS) is 18.8. The summed E-state index contributed by atoms with van der Waals surface area (Å²) in [5, 5.41) is 3.00. The van der Waals surface area contributed by atoms with Gasteiger partial charge in [-0.05, 0) is 70.6 Å². The number of ether oxygens (including phenoxy) is 2. The number of benzene rings is 1. The molecule has 0 aromatic heterocycles.